The first kappa shape index (κ1) is 26.7. The van der Waals surface area contributed by atoms with Crippen LogP contribution in [0.4, 0.5) is 0 Å². The first-order chi connectivity index (χ1) is 19.1. The number of fused-ring (bicyclic) bond motifs is 1. The molecule has 6 nitrogen and oxygen atoms in total. The summed E-state index contributed by atoms with van der Waals surface area (Å²) in [7, 11) is 1.59. The highest BCUT2D eigenvalue weighted by atomic mass is 79.9. The van der Waals surface area contributed by atoms with Crippen LogP contribution < -0.4 is 14.9 Å². The summed E-state index contributed by atoms with van der Waals surface area (Å²) in [4.78, 5) is 15.1. The fraction of sp³-hybridized carbons (Fsp3) is 0.188. The standard InChI is InChI=1S/C32H30BrN3O3/c1-38-30-18-25(17-29(33)31(30)39-22-24-7-3-2-4-8-24)19-34-35-32(37)27-13-11-23(12-14-27)20-36-16-15-26-9-5-6-10-28(26)21-36/h2-14,17-19H,15-16,20-22H2,1H3,(H,35,37)/b34-19-. The van der Waals surface area contributed by atoms with Gasteiger partial charge in [0, 0.05) is 25.2 Å². The quantitative estimate of drug-likeness (QED) is 0.184. The van der Waals surface area contributed by atoms with Crippen LogP contribution in [0.1, 0.15) is 38.2 Å². The molecule has 0 radical (unpaired) electrons. The van der Waals surface area contributed by atoms with Crippen LogP contribution in [0.15, 0.2) is 101 Å². The van der Waals surface area contributed by atoms with Gasteiger partial charge in [-0.25, -0.2) is 5.43 Å². The number of carbonyl (C=O) groups is 1. The number of hydrogen-bond acceptors (Lipinski definition) is 5. The lowest BCUT2D eigenvalue weighted by Gasteiger charge is -2.28. The fourth-order valence-corrected chi connectivity index (χ4v) is 5.20. The largest absolute Gasteiger partial charge is 0.493 e. The lowest BCUT2D eigenvalue weighted by atomic mass is 9.99. The molecule has 0 fully saturated rings. The van der Waals surface area contributed by atoms with Crippen molar-refractivity contribution in [2.24, 2.45) is 5.10 Å². The van der Waals surface area contributed by atoms with E-state index in [4.69, 9.17) is 9.47 Å². The van der Waals surface area contributed by atoms with Crippen LogP contribution in [0.25, 0.3) is 0 Å². The summed E-state index contributed by atoms with van der Waals surface area (Å²) >= 11 is 3.56. The first-order valence-electron chi connectivity index (χ1n) is 12.8. The smallest absolute Gasteiger partial charge is 0.271 e. The molecule has 4 aromatic carbocycles. The Hall–Kier alpha value is -3.94. The zero-order valence-electron chi connectivity index (χ0n) is 21.8. The van der Waals surface area contributed by atoms with Crippen molar-refractivity contribution in [1.29, 1.82) is 0 Å². The highest BCUT2D eigenvalue weighted by Crippen LogP contribution is 2.36. The van der Waals surface area contributed by atoms with E-state index in [-0.39, 0.29) is 5.91 Å². The fourth-order valence-electron chi connectivity index (χ4n) is 4.62. The predicted octanol–water partition coefficient (Wildman–Crippen LogP) is 6.36. The number of ether oxygens (including phenoxy) is 2. The Morgan fingerprint density at radius 2 is 1.72 bits per heavy atom. The molecule has 0 aromatic heterocycles. The monoisotopic (exact) mass is 583 g/mol. The average Bonchev–Trinajstić information content (AvgIpc) is 2.97. The minimum atomic E-state index is -0.265. The first-order valence-corrected chi connectivity index (χ1v) is 13.6. The maximum Gasteiger partial charge on any atom is 0.271 e. The van der Waals surface area contributed by atoms with Gasteiger partial charge < -0.3 is 9.47 Å². The van der Waals surface area contributed by atoms with Crippen LogP contribution >= 0.6 is 15.9 Å². The van der Waals surface area contributed by atoms with Gasteiger partial charge in [0.25, 0.3) is 5.91 Å². The number of carbonyl (C=O) groups excluding carboxylic acids is 1. The van der Waals surface area contributed by atoms with E-state index in [2.05, 4.69) is 55.6 Å². The molecular formula is C32H30BrN3O3. The molecule has 1 aliphatic rings. The molecule has 1 heterocycles. The summed E-state index contributed by atoms with van der Waals surface area (Å²) in [5, 5.41) is 4.15. The molecule has 0 aliphatic carbocycles. The Balaban J connectivity index is 1.16. The van der Waals surface area contributed by atoms with Crippen LogP contribution in [-0.4, -0.2) is 30.7 Å². The number of hydrazone groups is 1. The summed E-state index contributed by atoms with van der Waals surface area (Å²) in [5.74, 6) is 0.913. The zero-order chi connectivity index (χ0) is 27.0. The number of amides is 1. The van der Waals surface area contributed by atoms with Crippen molar-refractivity contribution in [2.45, 2.75) is 26.1 Å². The van der Waals surface area contributed by atoms with E-state index in [1.165, 1.54) is 16.7 Å². The van der Waals surface area contributed by atoms with Crippen molar-refractivity contribution in [1.82, 2.24) is 10.3 Å². The van der Waals surface area contributed by atoms with E-state index < -0.39 is 0 Å². The number of nitrogens with zero attached hydrogens (tertiary/aromatic N) is 2. The molecule has 0 saturated heterocycles. The Labute approximate surface area is 237 Å². The Kier molecular flexibility index (Phi) is 8.71. The van der Waals surface area contributed by atoms with Crippen molar-refractivity contribution < 1.29 is 14.3 Å². The lowest BCUT2D eigenvalue weighted by Crippen LogP contribution is -2.30. The molecular weight excluding hydrogens is 554 g/mol. The van der Waals surface area contributed by atoms with Crippen molar-refractivity contribution in [3.63, 3.8) is 0 Å². The topological polar surface area (TPSA) is 63.2 Å². The molecule has 0 unspecified atom stereocenters. The van der Waals surface area contributed by atoms with Gasteiger partial charge in [0.2, 0.25) is 0 Å². The summed E-state index contributed by atoms with van der Waals surface area (Å²) < 4.78 is 12.2. The molecule has 0 spiro atoms. The molecule has 7 heteroatoms. The van der Waals surface area contributed by atoms with Gasteiger partial charge in [-0.05, 0) is 74.4 Å². The van der Waals surface area contributed by atoms with Crippen LogP contribution in [-0.2, 0) is 26.1 Å². The molecule has 1 aliphatic heterocycles. The van der Waals surface area contributed by atoms with Gasteiger partial charge in [-0.15, -0.1) is 0 Å². The molecule has 0 saturated carbocycles. The average molecular weight is 585 g/mol. The zero-order valence-corrected chi connectivity index (χ0v) is 23.4. The van der Waals surface area contributed by atoms with Crippen molar-refractivity contribution in [3.05, 3.63) is 129 Å². The number of benzene rings is 4. The second-order valence-corrected chi connectivity index (χ2v) is 10.3. The second-order valence-electron chi connectivity index (χ2n) is 9.43. The van der Waals surface area contributed by atoms with Crippen molar-refractivity contribution >= 4 is 28.1 Å². The maximum absolute atomic E-state index is 12.6. The summed E-state index contributed by atoms with van der Waals surface area (Å²) in [6, 6.07) is 30.0. The number of methoxy groups -OCH3 is 1. The van der Waals surface area contributed by atoms with Crippen molar-refractivity contribution in [2.75, 3.05) is 13.7 Å². The molecule has 0 atom stereocenters. The van der Waals surface area contributed by atoms with Crippen LogP contribution in [0.2, 0.25) is 0 Å². The minimum absolute atomic E-state index is 0.265. The van der Waals surface area contributed by atoms with Gasteiger partial charge in [0.1, 0.15) is 6.61 Å². The van der Waals surface area contributed by atoms with Crippen LogP contribution in [0.3, 0.4) is 0 Å². The van der Waals surface area contributed by atoms with Crippen molar-refractivity contribution in [3.8, 4) is 11.5 Å². The van der Waals surface area contributed by atoms with Gasteiger partial charge in [-0.3, -0.25) is 9.69 Å². The number of hydrogen-bond donors (Lipinski definition) is 1. The Morgan fingerprint density at radius 3 is 2.49 bits per heavy atom. The summed E-state index contributed by atoms with van der Waals surface area (Å²) in [6.07, 6.45) is 2.65. The molecule has 5 rings (SSSR count). The van der Waals surface area contributed by atoms with Gasteiger partial charge >= 0.3 is 0 Å². The van der Waals surface area contributed by atoms with Crippen LogP contribution in [0, 0.1) is 0 Å². The van der Waals surface area contributed by atoms with E-state index in [1.54, 1.807) is 13.3 Å². The number of halogens is 1. The molecule has 39 heavy (non-hydrogen) atoms. The van der Waals surface area contributed by atoms with Gasteiger partial charge in [-0.1, -0.05) is 66.7 Å². The van der Waals surface area contributed by atoms with E-state index in [1.807, 2.05) is 66.7 Å². The SMILES string of the molecule is COc1cc(/C=N\NC(=O)c2ccc(CN3CCc4ccccc4C3)cc2)cc(Br)c1OCc1ccccc1. The van der Waals surface area contributed by atoms with Gasteiger partial charge in [0.05, 0.1) is 17.8 Å². The second kappa shape index (κ2) is 12.7. The Bertz CT molecular complexity index is 1460. The molecule has 0 bridgehead atoms. The number of rotatable bonds is 9. The molecule has 1 amide bonds. The van der Waals surface area contributed by atoms with Crippen LogP contribution in [0.5, 0.6) is 11.5 Å². The third kappa shape index (κ3) is 6.93. The maximum atomic E-state index is 12.6. The van der Waals surface area contributed by atoms with Gasteiger partial charge in [-0.2, -0.15) is 5.10 Å². The van der Waals surface area contributed by atoms with E-state index in [0.717, 1.165) is 41.7 Å². The predicted molar refractivity (Wildman–Crippen MR) is 157 cm³/mol. The van der Waals surface area contributed by atoms with E-state index >= 15 is 0 Å². The van der Waals surface area contributed by atoms with E-state index in [0.29, 0.717) is 23.7 Å². The molecule has 198 valence electrons. The highest BCUT2D eigenvalue weighted by molar-refractivity contribution is 9.10. The van der Waals surface area contributed by atoms with E-state index in [9.17, 15) is 4.79 Å². The molecule has 4 aromatic rings. The Morgan fingerprint density at radius 1 is 0.974 bits per heavy atom. The summed E-state index contributed by atoms with van der Waals surface area (Å²) in [6.45, 7) is 3.27. The normalized spacial score (nSPS) is 13.2. The highest BCUT2D eigenvalue weighted by Gasteiger charge is 2.16. The third-order valence-corrected chi connectivity index (χ3v) is 7.28. The third-order valence-electron chi connectivity index (χ3n) is 6.69. The molecule has 1 N–H and O–H groups in total. The lowest BCUT2D eigenvalue weighted by molar-refractivity contribution is 0.0955. The number of nitrogens with one attached hydrogen (secondary N) is 1. The minimum Gasteiger partial charge on any atom is -0.493 e. The van der Waals surface area contributed by atoms with Gasteiger partial charge in [0.15, 0.2) is 11.5 Å². The summed E-state index contributed by atoms with van der Waals surface area (Å²) in [5.41, 5.74) is 9.01.